The van der Waals surface area contributed by atoms with Gasteiger partial charge in [-0.25, -0.2) is 0 Å². The molecular weight excluding hydrogens is 348 g/mol. The van der Waals surface area contributed by atoms with Crippen LogP contribution >= 0.6 is 12.4 Å². The molecule has 4 rings (SSSR count). The third-order valence-corrected chi connectivity index (χ3v) is 5.45. The van der Waals surface area contributed by atoms with Crippen LogP contribution < -0.4 is 15.4 Å². The van der Waals surface area contributed by atoms with Crippen molar-refractivity contribution in [1.29, 1.82) is 0 Å². The Bertz CT molecular complexity index is 745. The molecule has 0 bridgehead atoms. The van der Waals surface area contributed by atoms with Crippen LogP contribution in [0.1, 0.15) is 24.8 Å². The zero-order chi connectivity index (χ0) is 17.1. The first kappa shape index (κ1) is 18.7. The number of ether oxygens (including phenoxy) is 1. The van der Waals surface area contributed by atoms with Crippen molar-refractivity contribution < 1.29 is 9.53 Å². The highest BCUT2D eigenvalue weighted by molar-refractivity contribution is 5.85. The molecule has 1 aliphatic heterocycles. The average molecular weight is 373 g/mol. The number of rotatable bonds is 5. The predicted molar refractivity (Wildman–Crippen MR) is 105 cm³/mol. The van der Waals surface area contributed by atoms with Crippen molar-refractivity contribution in [2.75, 3.05) is 13.1 Å². The number of amides is 1. The maximum absolute atomic E-state index is 12.5. The molecule has 1 amide bonds. The maximum atomic E-state index is 12.5. The fourth-order valence-corrected chi connectivity index (χ4v) is 3.85. The largest absolute Gasteiger partial charge is 0.457 e. The van der Waals surface area contributed by atoms with Crippen LogP contribution in [0.25, 0.3) is 0 Å². The van der Waals surface area contributed by atoms with Gasteiger partial charge in [0.25, 0.3) is 0 Å². The Morgan fingerprint density at radius 3 is 2.58 bits per heavy atom. The van der Waals surface area contributed by atoms with E-state index in [0.29, 0.717) is 6.54 Å². The normalized spacial score (nSPS) is 20.1. The molecule has 0 radical (unpaired) electrons. The van der Waals surface area contributed by atoms with E-state index in [0.717, 1.165) is 49.4 Å². The number of nitrogens with one attached hydrogen (secondary N) is 2. The zero-order valence-corrected chi connectivity index (χ0v) is 15.6. The minimum atomic E-state index is 0. The maximum Gasteiger partial charge on any atom is 0.223 e. The van der Waals surface area contributed by atoms with Crippen LogP contribution in [0.4, 0.5) is 0 Å². The molecule has 1 atom stereocenters. The lowest BCUT2D eigenvalue weighted by molar-refractivity contribution is -0.123. The highest BCUT2D eigenvalue weighted by Crippen LogP contribution is 2.58. The lowest BCUT2D eigenvalue weighted by Gasteiger charge is -2.23. The summed E-state index contributed by atoms with van der Waals surface area (Å²) in [7, 11) is 0. The Kier molecular flexibility index (Phi) is 5.84. The molecule has 2 aromatic carbocycles. The molecule has 26 heavy (non-hydrogen) atoms. The Balaban J connectivity index is 0.00000196. The van der Waals surface area contributed by atoms with Gasteiger partial charge in [-0.15, -0.1) is 12.4 Å². The first-order chi connectivity index (χ1) is 12.3. The monoisotopic (exact) mass is 372 g/mol. The first-order valence-corrected chi connectivity index (χ1v) is 9.05. The number of benzene rings is 2. The SMILES string of the molecule is Cl.O=C(NCc1cccc(Oc2ccccc2)c1)C1CC12CCNCC2. The fraction of sp³-hybridized carbons (Fsp3) is 0.381. The van der Waals surface area contributed by atoms with E-state index in [4.69, 9.17) is 4.74 Å². The topological polar surface area (TPSA) is 50.4 Å². The number of piperidine rings is 1. The summed E-state index contributed by atoms with van der Waals surface area (Å²) in [5.74, 6) is 2.02. The van der Waals surface area contributed by atoms with Crippen LogP contribution in [0.3, 0.4) is 0 Å². The summed E-state index contributed by atoms with van der Waals surface area (Å²) in [5.41, 5.74) is 1.34. The van der Waals surface area contributed by atoms with Crippen molar-refractivity contribution in [3.63, 3.8) is 0 Å². The number of carbonyl (C=O) groups is 1. The molecule has 1 unspecified atom stereocenters. The Hall–Kier alpha value is -2.04. The molecule has 5 heteroatoms. The van der Waals surface area contributed by atoms with Crippen LogP contribution in [0.5, 0.6) is 11.5 Å². The number of hydrogen-bond acceptors (Lipinski definition) is 3. The van der Waals surface area contributed by atoms with Gasteiger partial charge in [-0.2, -0.15) is 0 Å². The van der Waals surface area contributed by atoms with Crippen molar-refractivity contribution in [1.82, 2.24) is 10.6 Å². The van der Waals surface area contributed by atoms with Crippen LogP contribution in [-0.4, -0.2) is 19.0 Å². The van der Waals surface area contributed by atoms with Gasteiger partial charge in [-0.1, -0.05) is 30.3 Å². The summed E-state index contributed by atoms with van der Waals surface area (Å²) in [6.45, 7) is 2.64. The Morgan fingerprint density at radius 2 is 1.81 bits per heavy atom. The standard InChI is InChI=1S/C21H24N2O2.ClH/c24-20(19-14-21(19)9-11-22-12-10-21)23-15-16-5-4-8-18(13-16)25-17-6-2-1-3-7-17;/h1-8,13,19,22H,9-12,14-15H2,(H,23,24);1H. The Morgan fingerprint density at radius 1 is 1.08 bits per heavy atom. The smallest absolute Gasteiger partial charge is 0.223 e. The van der Waals surface area contributed by atoms with Gasteiger partial charge < -0.3 is 15.4 Å². The van der Waals surface area contributed by atoms with Gasteiger partial charge in [-0.05, 0) is 67.6 Å². The van der Waals surface area contributed by atoms with Crippen molar-refractivity contribution in [3.8, 4) is 11.5 Å². The number of hydrogen-bond donors (Lipinski definition) is 2. The molecule has 1 spiro atoms. The van der Waals surface area contributed by atoms with Gasteiger partial charge >= 0.3 is 0 Å². The highest BCUT2D eigenvalue weighted by Gasteiger charge is 2.57. The minimum Gasteiger partial charge on any atom is -0.457 e. The van der Waals surface area contributed by atoms with E-state index in [1.807, 2.05) is 54.6 Å². The predicted octanol–water partition coefficient (Wildman–Crippen LogP) is 3.91. The van der Waals surface area contributed by atoms with Crippen molar-refractivity contribution >= 4 is 18.3 Å². The van der Waals surface area contributed by atoms with Gasteiger partial charge in [-0.3, -0.25) is 4.79 Å². The van der Waals surface area contributed by atoms with Crippen LogP contribution in [-0.2, 0) is 11.3 Å². The molecule has 1 heterocycles. The molecule has 0 aromatic heterocycles. The molecule has 138 valence electrons. The summed E-state index contributed by atoms with van der Waals surface area (Å²) in [4.78, 5) is 12.5. The molecule has 1 saturated carbocycles. The molecule has 2 fully saturated rings. The highest BCUT2D eigenvalue weighted by atomic mass is 35.5. The molecule has 2 N–H and O–H groups in total. The third-order valence-electron chi connectivity index (χ3n) is 5.45. The van der Waals surface area contributed by atoms with Crippen molar-refractivity contribution in [3.05, 3.63) is 60.2 Å². The van der Waals surface area contributed by atoms with E-state index in [-0.39, 0.29) is 29.6 Å². The number of carbonyl (C=O) groups excluding carboxylic acids is 1. The van der Waals surface area contributed by atoms with Crippen LogP contribution in [0.2, 0.25) is 0 Å². The van der Waals surface area contributed by atoms with Gasteiger partial charge in [0.2, 0.25) is 5.91 Å². The second kappa shape index (κ2) is 8.11. The molecular formula is C21H25ClN2O2. The summed E-state index contributed by atoms with van der Waals surface area (Å²) in [6.07, 6.45) is 3.31. The first-order valence-electron chi connectivity index (χ1n) is 9.05. The summed E-state index contributed by atoms with van der Waals surface area (Å²) >= 11 is 0. The summed E-state index contributed by atoms with van der Waals surface area (Å²) < 4.78 is 5.86. The minimum absolute atomic E-state index is 0. The summed E-state index contributed by atoms with van der Waals surface area (Å²) in [5, 5.41) is 6.49. The van der Waals surface area contributed by atoms with E-state index in [1.165, 1.54) is 0 Å². The van der Waals surface area contributed by atoms with E-state index >= 15 is 0 Å². The van der Waals surface area contributed by atoms with Crippen LogP contribution in [0.15, 0.2) is 54.6 Å². The Labute approximate surface area is 160 Å². The van der Waals surface area contributed by atoms with E-state index in [1.54, 1.807) is 0 Å². The molecule has 4 nitrogen and oxygen atoms in total. The van der Waals surface area contributed by atoms with E-state index in [9.17, 15) is 4.79 Å². The molecule has 2 aromatic rings. The van der Waals surface area contributed by atoms with Gasteiger partial charge in [0.15, 0.2) is 0 Å². The zero-order valence-electron chi connectivity index (χ0n) is 14.7. The van der Waals surface area contributed by atoms with Gasteiger partial charge in [0, 0.05) is 12.5 Å². The van der Waals surface area contributed by atoms with E-state index < -0.39 is 0 Å². The molecule has 2 aliphatic rings. The summed E-state index contributed by atoms with van der Waals surface area (Å²) in [6, 6.07) is 17.6. The molecule has 1 aliphatic carbocycles. The van der Waals surface area contributed by atoms with E-state index in [2.05, 4.69) is 10.6 Å². The second-order valence-electron chi connectivity index (χ2n) is 7.15. The molecule has 1 saturated heterocycles. The van der Waals surface area contributed by atoms with Gasteiger partial charge in [0.05, 0.1) is 0 Å². The van der Waals surface area contributed by atoms with Crippen molar-refractivity contribution in [2.24, 2.45) is 11.3 Å². The lowest BCUT2D eigenvalue weighted by Crippen LogP contribution is -2.33. The third kappa shape index (κ3) is 4.19. The van der Waals surface area contributed by atoms with Crippen LogP contribution in [0, 0.1) is 11.3 Å². The second-order valence-corrected chi connectivity index (χ2v) is 7.15. The quantitative estimate of drug-likeness (QED) is 0.836. The lowest BCUT2D eigenvalue weighted by atomic mass is 9.92. The number of halogens is 1. The fourth-order valence-electron chi connectivity index (χ4n) is 3.85. The number of para-hydroxylation sites is 1. The van der Waals surface area contributed by atoms with Gasteiger partial charge in [0.1, 0.15) is 11.5 Å². The van der Waals surface area contributed by atoms with Crippen molar-refractivity contribution in [2.45, 2.75) is 25.8 Å². The average Bonchev–Trinajstić information content (AvgIpc) is 3.34.